The number of carbonyl (C=O) groups excluding carboxylic acids is 2. The fourth-order valence-corrected chi connectivity index (χ4v) is 2.28. The predicted molar refractivity (Wildman–Crippen MR) is 101 cm³/mol. The van der Waals surface area contributed by atoms with E-state index >= 15 is 0 Å². The van der Waals surface area contributed by atoms with Crippen molar-refractivity contribution in [3.05, 3.63) is 54.1 Å². The number of Topliss-reactive ketones (excluding diaryl/α,β-unsaturated/α-hetero) is 1. The molecule has 0 N–H and O–H groups in total. The van der Waals surface area contributed by atoms with Gasteiger partial charge in [-0.3, -0.25) is 9.59 Å². The Morgan fingerprint density at radius 1 is 0.852 bits per heavy atom. The highest BCUT2D eigenvalue weighted by atomic mass is 16.5. The van der Waals surface area contributed by atoms with Gasteiger partial charge in [-0.05, 0) is 61.9 Å². The summed E-state index contributed by atoms with van der Waals surface area (Å²) in [5, 5.41) is 0. The summed E-state index contributed by atoms with van der Waals surface area (Å²) in [5.41, 5.74) is 0.481. The zero-order chi connectivity index (χ0) is 19.5. The molecule has 0 atom stereocenters. The zero-order valence-electron chi connectivity index (χ0n) is 15.6. The van der Waals surface area contributed by atoms with E-state index in [1.165, 1.54) is 0 Å². The van der Waals surface area contributed by atoms with E-state index in [-0.39, 0.29) is 18.8 Å². The topological polar surface area (TPSA) is 71.1 Å². The molecular formula is C21H24O6. The largest absolute Gasteiger partial charge is 0.497 e. The van der Waals surface area contributed by atoms with Gasteiger partial charge >= 0.3 is 5.97 Å². The molecule has 0 spiro atoms. The van der Waals surface area contributed by atoms with Gasteiger partial charge in [0.1, 0.15) is 17.2 Å². The summed E-state index contributed by atoms with van der Waals surface area (Å²) >= 11 is 0. The molecular weight excluding hydrogens is 348 g/mol. The third kappa shape index (κ3) is 7.01. The van der Waals surface area contributed by atoms with Crippen LogP contribution < -0.4 is 14.2 Å². The van der Waals surface area contributed by atoms with E-state index in [0.717, 1.165) is 5.75 Å². The molecule has 0 saturated heterocycles. The van der Waals surface area contributed by atoms with Gasteiger partial charge in [0.15, 0.2) is 12.4 Å². The van der Waals surface area contributed by atoms with Crippen molar-refractivity contribution in [3.8, 4) is 17.2 Å². The number of rotatable bonds is 11. The molecule has 0 amide bonds. The molecule has 2 aromatic carbocycles. The quantitative estimate of drug-likeness (QED) is 0.340. The fraction of sp³-hybridized carbons (Fsp3) is 0.333. The number of methoxy groups -OCH3 is 1. The molecule has 0 aliphatic heterocycles. The maximum absolute atomic E-state index is 12.0. The SMILES string of the molecule is CCOc1ccc(C(=O)COC(=O)CCCOc2ccc(OC)cc2)cc1. The minimum absolute atomic E-state index is 0.187. The molecule has 0 heterocycles. The summed E-state index contributed by atoms with van der Waals surface area (Å²) in [6, 6.07) is 13.9. The number of ketones is 1. The van der Waals surface area contributed by atoms with Crippen LogP contribution in [-0.4, -0.2) is 38.7 Å². The van der Waals surface area contributed by atoms with Gasteiger partial charge in [0.25, 0.3) is 0 Å². The van der Waals surface area contributed by atoms with Gasteiger partial charge < -0.3 is 18.9 Å². The average Bonchev–Trinajstić information content (AvgIpc) is 2.70. The lowest BCUT2D eigenvalue weighted by atomic mass is 10.1. The third-order valence-electron chi connectivity index (χ3n) is 3.70. The lowest BCUT2D eigenvalue weighted by Gasteiger charge is -2.08. The predicted octanol–water partition coefficient (Wildman–Crippen LogP) is 3.68. The molecule has 0 saturated carbocycles. The average molecular weight is 372 g/mol. The highest BCUT2D eigenvalue weighted by molar-refractivity contribution is 5.98. The van der Waals surface area contributed by atoms with Crippen LogP contribution in [0, 0.1) is 0 Å². The highest BCUT2D eigenvalue weighted by Gasteiger charge is 2.10. The van der Waals surface area contributed by atoms with Crippen LogP contribution in [0.3, 0.4) is 0 Å². The lowest BCUT2D eigenvalue weighted by molar-refractivity contribution is -0.142. The molecule has 0 aromatic heterocycles. The molecule has 0 radical (unpaired) electrons. The van der Waals surface area contributed by atoms with Crippen LogP contribution in [-0.2, 0) is 9.53 Å². The van der Waals surface area contributed by atoms with Crippen molar-refractivity contribution in [3.63, 3.8) is 0 Å². The summed E-state index contributed by atoms with van der Waals surface area (Å²) < 4.78 is 21.0. The van der Waals surface area contributed by atoms with Gasteiger partial charge in [0.05, 0.1) is 20.3 Å². The molecule has 0 aliphatic carbocycles. The summed E-state index contributed by atoms with van der Waals surface area (Å²) in [4.78, 5) is 23.8. The molecule has 27 heavy (non-hydrogen) atoms. The van der Waals surface area contributed by atoms with Crippen LogP contribution >= 0.6 is 0 Å². The van der Waals surface area contributed by atoms with Crippen LogP contribution in [0.25, 0.3) is 0 Å². The Hall–Kier alpha value is -3.02. The molecule has 0 bridgehead atoms. The molecule has 0 aliphatic rings. The van der Waals surface area contributed by atoms with Gasteiger partial charge in [-0.25, -0.2) is 0 Å². The van der Waals surface area contributed by atoms with E-state index in [2.05, 4.69) is 0 Å². The lowest BCUT2D eigenvalue weighted by Crippen LogP contribution is -2.14. The Bertz CT molecular complexity index is 721. The van der Waals surface area contributed by atoms with Crippen molar-refractivity contribution < 1.29 is 28.5 Å². The minimum atomic E-state index is -0.424. The standard InChI is InChI=1S/C21H24O6/c1-3-25-18-8-6-16(7-9-18)20(22)15-27-21(23)5-4-14-26-19-12-10-17(24-2)11-13-19/h6-13H,3-5,14-15H2,1-2H3. The normalized spacial score (nSPS) is 10.1. The Morgan fingerprint density at radius 2 is 1.44 bits per heavy atom. The molecule has 0 unspecified atom stereocenters. The third-order valence-corrected chi connectivity index (χ3v) is 3.70. The highest BCUT2D eigenvalue weighted by Crippen LogP contribution is 2.17. The Kier molecular flexibility index (Phi) is 8.16. The Labute approximate surface area is 159 Å². The van der Waals surface area contributed by atoms with Crippen LogP contribution in [0.5, 0.6) is 17.2 Å². The van der Waals surface area contributed by atoms with Crippen molar-refractivity contribution in [2.45, 2.75) is 19.8 Å². The van der Waals surface area contributed by atoms with E-state index in [1.54, 1.807) is 55.6 Å². The van der Waals surface area contributed by atoms with E-state index in [9.17, 15) is 9.59 Å². The van der Waals surface area contributed by atoms with Gasteiger partial charge in [-0.15, -0.1) is 0 Å². The van der Waals surface area contributed by atoms with Gasteiger partial charge in [-0.2, -0.15) is 0 Å². The second-order valence-corrected chi connectivity index (χ2v) is 5.67. The van der Waals surface area contributed by atoms with Gasteiger partial charge in [-0.1, -0.05) is 0 Å². The van der Waals surface area contributed by atoms with Crippen LogP contribution in [0.1, 0.15) is 30.1 Å². The molecule has 2 rings (SSSR count). The molecule has 6 nitrogen and oxygen atoms in total. The van der Waals surface area contributed by atoms with E-state index < -0.39 is 5.97 Å². The molecule has 2 aromatic rings. The van der Waals surface area contributed by atoms with E-state index in [4.69, 9.17) is 18.9 Å². The van der Waals surface area contributed by atoms with Crippen molar-refractivity contribution in [1.82, 2.24) is 0 Å². The first-order valence-electron chi connectivity index (χ1n) is 8.81. The summed E-state index contributed by atoms with van der Waals surface area (Å²) in [5.74, 6) is 1.48. The first-order chi connectivity index (χ1) is 13.1. The minimum Gasteiger partial charge on any atom is -0.497 e. The van der Waals surface area contributed by atoms with Crippen molar-refractivity contribution in [1.29, 1.82) is 0 Å². The Balaban J connectivity index is 1.64. The number of ether oxygens (including phenoxy) is 4. The maximum Gasteiger partial charge on any atom is 0.306 e. The summed E-state index contributed by atoms with van der Waals surface area (Å²) in [6.45, 7) is 2.56. The first kappa shape index (κ1) is 20.3. The van der Waals surface area contributed by atoms with E-state index in [0.29, 0.717) is 36.7 Å². The van der Waals surface area contributed by atoms with Crippen LogP contribution in [0.4, 0.5) is 0 Å². The van der Waals surface area contributed by atoms with Gasteiger partial charge in [0, 0.05) is 12.0 Å². The smallest absolute Gasteiger partial charge is 0.306 e. The first-order valence-corrected chi connectivity index (χ1v) is 8.81. The number of esters is 1. The van der Waals surface area contributed by atoms with Gasteiger partial charge in [0.2, 0.25) is 0 Å². The zero-order valence-corrected chi connectivity index (χ0v) is 15.6. The number of benzene rings is 2. The summed E-state index contributed by atoms with van der Waals surface area (Å²) in [7, 11) is 1.60. The maximum atomic E-state index is 12.0. The number of carbonyl (C=O) groups is 2. The molecule has 6 heteroatoms. The van der Waals surface area contributed by atoms with E-state index in [1.807, 2.05) is 6.92 Å². The van der Waals surface area contributed by atoms with Crippen LogP contribution in [0.2, 0.25) is 0 Å². The number of hydrogen-bond donors (Lipinski definition) is 0. The van der Waals surface area contributed by atoms with Crippen molar-refractivity contribution >= 4 is 11.8 Å². The number of hydrogen-bond acceptors (Lipinski definition) is 6. The molecule has 144 valence electrons. The molecule has 0 fully saturated rings. The fourth-order valence-electron chi connectivity index (χ4n) is 2.28. The van der Waals surface area contributed by atoms with Crippen molar-refractivity contribution in [2.75, 3.05) is 26.9 Å². The second kappa shape index (κ2) is 10.9. The second-order valence-electron chi connectivity index (χ2n) is 5.67. The van der Waals surface area contributed by atoms with Crippen molar-refractivity contribution in [2.24, 2.45) is 0 Å². The monoisotopic (exact) mass is 372 g/mol. The van der Waals surface area contributed by atoms with Crippen LogP contribution in [0.15, 0.2) is 48.5 Å². The Morgan fingerprint density at radius 3 is 2.07 bits per heavy atom. The summed E-state index contributed by atoms with van der Waals surface area (Å²) in [6.07, 6.45) is 0.689.